The molecule has 1 aliphatic rings. The van der Waals surface area contributed by atoms with Crippen LogP contribution in [-0.2, 0) is 29.4 Å². The summed E-state index contributed by atoms with van der Waals surface area (Å²) >= 11 is 0. The normalized spacial score (nSPS) is 14.2. The van der Waals surface area contributed by atoms with Crippen molar-refractivity contribution in [3.8, 4) is 22.8 Å². The van der Waals surface area contributed by atoms with Crippen molar-refractivity contribution >= 4 is 27.1 Å². The van der Waals surface area contributed by atoms with E-state index in [-0.39, 0.29) is 36.6 Å². The topological polar surface area (TPSA) is 76.7 Å². The maximum atomic E-state index is 13.9. The second-order valence-corrected chi connectivity index (χ2v) is 25.0. The smallest absolute Gasteiger partial charge is 0.387 e. The molecule has 1 aromatic carbocycles. The molecule has 2 aromatic heterocycles. The number of hydrogen-bond acceptors (Lipinski definition) is 6. The molecule has 1 fully saturated rings. The lowest BCUT2D eigenvalue weighted by Crippen LogP contribution is -2.26. The van der Waals surface area contributed by atoms with E-state index in [2.05, 4.69) is 51.3 Å². The van der Waals surface area contributed by atoms with E-state index in [1.807, 2.05) is 4.57 Å². The Balaban J connectivity index is 1.80. The molecule has 1 aliphatic carbocycles. The van der Waals surface area contributed by atoms with Crippen LogP contribution in [0.15, 0.2) is 29.2 Å². The Hall–Kier alpha value is -2.55. The minimum atomic E-state index is -2.97. The third-order valence-corrected chi connectivity index (χ3v) is 10.8. The van der Waals surface area contributed by atoms with Gasteiger partial charge in [0.25, 0.3) is 5.56 Å². The summed E-state index contributed by atoms with van der Waals surface area (Å²) in [4.78, 5) is 13.9. The molecule has 0 bridgehead atoms. The SMILES string of the molecule is CCCc1c(-c2ccc(OC(F)F)c(OC3CC3)c2)n(COCC[Si](C)(C)C)c2cnn(COCC[Si](C)(C)C)c(=O)c12. The Bertz CT molecular complexity index is 1440. The highest BCUT2D eigenvalue weighted by atomic mass is 28.3. The van der Waals surface area contributed by atoms with Gasteiger partial charge in [-0.15, -0.1) is 0 Å². The summed E-state index contributed by atoms with van der Waals surface area (Å²) < 4.78 is 52.7. The predicted molar refractivity (Wildman–Crippen MR) is 172 cm³/mol. The van der Waals surface area contributed by atoms with Gasteiger partial charge in [0.2, 0.25) is 0 Å². The fraction of sp³-hybridized carbons (Fsp3) is 0.613. The molecule has 238 valence electrons. The van der Waals surface area contributed by atoms with Crippen molar-refractivity contribution in [2.45, 2.75) is 110 Å². The summed E-state index contributed by atoms with van der Waals surface area (Å²) in [5.41, 5.74) is 2.86. The van der Waals surface area contributed by atoms with Crippen LogP contribution in [0.3, 0.4) is 0 Å². The monoisotopic (exact) mass is 635 g/mol. The minimum absolute atomic E-state index is 0.00349. The summed E-state index contributed by atoms with van der Waals surface area (Å²) in [7, 11) is -2.59. The van der Waals surface area contributed by atoms with Gasteiger partial charge in [-0.3, -0.25) is 4.79 Å². The Morgan fingerprint density at radius 1 is 0.977 bits per heavy atom. The van der Waals surface area contributed by atoms with Crippen molar-refractivity contribution in [1.82, 2.24) is 14.3 Å². The first-order valence-electron chi connectivity index (χ1n) is 15.3. The summed E-state index contributed by atoms with van der Waals surface area (Å²) in [6, 6.07) is 7.01. The van der Waals surface area contributed by atoms with Crippen LogP contribution in [-0.4, -0.2) is 56.4 Å². The molecule has 0 atom stereocenters. The van der Waals surface area contributed by atoms with Crippen LogP contribution < -0.4 is 15.0 Å². The first-order chi connectivity index (χ1) is 20.3. The van der Waals surface area contributed by atoms with Crippen LogP contribution in [0.2, 0.25) is 51.4 Å². The van der Waals surface area contributed by atoms with Crippen molar-refractivity contribution < 1.29 is 27.7 Å². The summed E-state index contributed by atoms with van der Waals surface area (Å²) in [6.45, 7) is 14.3. The third kappa shape index (κ3) is 9.23. The molecule has 0 N–H and O–H groups in total. The van der Waals surface area contributed by atoms with E-state index in [9.17, 15) is 13.6 Å². The average molecular weight is 636 g/mol. The number of ether oxygens (including phenoxy) is 4. The third-order valence-electron chi connectivity index (χ3n) is 7.35. The van der Waals surface area contributed by atoms with Crippen molar-refractivity contribution in [1.29, 1.82) is 0 Å². The number of fused-ring (bicyclic) bond motifs is 1. The zero-order valence-corrected chi connectivity index (χ0v) is 28.7. The molecule has 43 heavy (non-hydrogen) atoms. The molecule has 12 heteroatoms. The molecule has 0 spiro atoms. The average Bonchev–Trinajstić information content (AvgIpc) is 3.66. The number of aromatic nitrogens is 3. The number of aryl methyl sites for hydroxylation is 1. The number of benzene rings is 1. The van der Waals surface area contributed by atoms with Gasteiger partial charge in [-0.25, -0.2) is 4.68 Å². The summed E-state index contributed by atoms with van der Waals surface area (Å²) in [6.07, 6.45) is 4.87. The van der Waals surface area contributed by atoms with Crippen LogP contribution in [0.25, 0.3) is 22.2 Å². The quantitative estimate of drug-likeness (QED) is 0.112. The number of halogens is 2. The molecule has 2 heterocycles. The molecule has 0 saturated heterocycles. The molecule has 8 nitrogen and oxygen atoms in total. The van der Waals surface area contributed by atoms with Gasteiger partial charge in [0.1, 0.15) is 13.5 Å². The predicted octanol–water partition coefficient (Wildman–Crippen LogP) is 7.58. The molecule has 0 aliphatic heterocycles. The Kier molecular flexibility index (Phi) is 10.9. The van der Waals surface area contributed by atoms with Crippen LogP contribution in [0, 0.1) is 0 Å². The second-order valence-electron chi connectivity index (χ2n) is 13.8. The Morgan fingerprint density at radius 3 is 2.21 bits per heavy atom. The van der Waals surface area contributed by atoms with Crippen LogP contribution in [0.5, 0.6) is 11.5 Å². The molecular formula is C31H47F2N3O5Si2. The maximum Gasteiger partial charge on any atom is 0.387 e. The van der Waals surface area contributed by atoms with Crippen molar-refractivity contribution in [3.05, 3.63) is 40.3 Å². The number of nitrogens with zero attached hydrogens (tertiary/aromatic N) is 3. The molecular weight excluding hydrogens is 589 g/mol. The van der Waals surface area contributed by atoms with Crippen molar-refractivity contribution in [3.63, 3.8) is 0 Å². The van der Waals surface area contributed by atoms with Gasteiger partial charge in [-0.1, -0.05) is 52.6 Å². The summed E-state index contributed by atoms with van der Waals surface area (Å²) in [5, 5.41) is 5.06. The largest absolute Gasteiger partial charge is 0.487 e. The zero-order chi connectivity index (χ0) is 31.4. The van der Waals surface area contributed by atoms with E-state index in [1.54, 1.807) is 18.3 Å². The first-order valence-corrected chi connectivity index (χ1v) is 22.7. The van der Waals surface area contributed by atoms with Gasteiger partial charge in [0, 0.05) is 34.9 Å². The Labute approximate surface area is 255 Å². The number of alkyl halides is 2. The van der Waals surface area contributed by atoms with Crippen LogP contribution in [0.1, 0.15) is 31.7 Å². The standard InChI is InChI=1S/C31H47F2N3O5Si2/c1-8-9-24-28-25(19-34-36(30(28)37)21-39-15-17-43(5,6)7)35(20-38-14-16-42(2,3)4)29(24)22-10-13-26(41-31(32)33)27(18-22)40-23-11-12-23/h10,13,18-19,23,31H,8-9,11-12,14-17,20-21H2,1-7H3. The number of hydrogen-bond donors (Lipinski definition) is 0. The summed E-state index contributed by atoms with van der Waals surface area (Å²) in [5.74, 6) is 0.266. The van der Waals surface area contributed by atoms with Gasteiger partial charge in [-0.05, 0) is 55.1 Å². The lowest BCUT2D eigenvalue weighted by molar-refractivity contribution is -0.0516. The second kappa shape index (κ2) is 14.0. The first kappa shape index (κ1) is 33.3. The van der Waals surface area contributed by atoms with E-state index in [0.717, 1.165) is 48.2 Å². The van der Waals surface area contributed by atoms with Gasteiger partial charge < -0.3 is 23.5 Å². The molecule has 0 amide bonds. The lowest BCUT2D eigenvalue weighted by Gasteiger charge is -2.18. The van der Waals surface area contributed by atoms with Crippen LogP contribution in [0.4, 0.5) is 8.78 Å². The maximum absolute atomic E-state index is 13.9. The molecule has 0 unspecified atom stereocenters. The van der Waals surface area contributed by atoms with Gasteiger partial charge >= 0.3 is 6.61 Å². The van der Waals surface area contributed by atoms with E-state index in [0.29, 0.717) is 30.5 Å². The molecule has 4 rings (SSSR count). The van der Waals surface area contributed by atoms with Crippen molar-refractivity contribution in [2.75, 3.05) is 13.2 Å². The van der Waals surface area contributed by atoms with E-state index in [1.165, 1.54) is 10.7 Å². The van der Waals surface area contributed by atoms with Gasteiger partial charge in [-0.2, -0.15) is 13.9 Å². The molecule has 0 radical (unpaired) electrons. The van der Waals surface area contributed by atoms with Gasteiger partial charge in [0.15, 0.2) is 11.5 Å². The zero-order valence-electron chi connectivity index (χ0n) is 26.7. The van der Waals surface area contributed by atoms with Gasteiger partial charge in [0.05, 0.1) is 28.9 Å². The van der Waals surface area contributed by atoms with Crippen LogP contribution >= 0.6 is 0 Å². The van der Waals surface area contributed by atoms with E-state index in [4.69, 9.17) is 18.9 Å². The fourth-order valence-corrected chi connectivity index (χ4v) is 6.30. The minimum Gasteiger partial charge on any atom is -0.487 e. The molecule has 1 saturated carbocycles. The lowest BCUT2D eigenvalue weighted by atomic mass is 10.0. The van der Waals surface area contributed by atoms with Crippen molar-refractivity contribution in [2.24, 2.45) is 0 Å². The fourth-order valence-electron chi connectivity index (χ4n) is 4.79. The highest BCUT2D eigenvalue weighted by Gasteiger charge is 2.28. The number of rotatable bonds is 17. The highest BCUT2D eigenvalue weighted by molar-refractivity contribution is 6.76. The Morgan fingerprint density at radius 2 is 1.63 bits per heavy atom. The molecule has 3 aromatic rings. The van der Waals surface area contributed by atoms with E-state index >= 15 is 0 Å². The highest BCUT2D eigenvalue weighted by Crippen LogP contribution is 2.40. The van der Waals surface area contributed by atoms with E-state index < -0.39 is 22.8 Å².